The van der Waals surface area contributed by atoms with Gasteiger partial charge in [-0.3, -0.25) is 0 Å². The molecule has 1 unspecified atom stereocenters. The summed E-state index contributed by atoms with van der Waals surface area (Å²) >= 11 is 0. The van der Waals surface area contributed by atoms with E-state index in [4.69, 9.17) is 0 Å². The zero-order valence-corrected chi connectivity index (χ0v) is 11.3. The summed E-state index contributed by atoms with van der Waals surface area (Å²) < 4.78 is 0. The second-order valence-electron chi connectivity index (χ2n) is 5.52. The van der Waals surface area contributed by atoms with Crippen LogP contribution < -0.4 is 0 Å². The van der Waals surface area contributed by atoms with Crippen LogP contribution in [0.4, 0.5) is 0 Å². The lowest BCUT2D eigenvalue weighted by Crippen LogP contribution is -2.49. The Labute approximate surface area is 109 Å². The third-order valence-corrected chi connectivity index (χ3v) is 4.32. The fraction of sp³-hybridized carbons (Fsp3) is 0.600. The number of aryl methyl sites for hydroxylation is 1. The highest BCUT2D eigenvalue weighted by Gasteiger charge is 2.41. The molecule has 1 saturated heterocycles. The third-order valence-electron chi connectivity index (χ3n) is 4.32. The van der Waals surface area contributed by atoms with Crippen LogP contribution in [0.5, 0.6) is 0 Å². The molecule has 3 nitrogen and oxygen atoms in total. The van der Waals surface area contributed by atoms with Crippen LogP contribution in [-0.2, 0) is 5.41 Å². The van der Waals surface area contributed by atoms with Gasteiger partial charge in [-0.2, -0.15) is 0 Å². The molecule has 1 aromatic rings. The Bertz CT molecular complexity index is 380. The molecule has 1 aromatic carbocycles. The number of nitrogens with zero attached hydrogens (tertiary/aromatic N) is 1. The zero-order valence-electron chi connectivity index (χ0n) is 11.3. The second kappa shape index (κ2) is 5.39. The van der Waals surface area contributed by atoms with Crippen LogP contribution in [0, 0.1) is 6.92 Å². The van der Waals surface area contributed by atoms with Gasteiger partial charge in [-0.15, -0.1) is 0 Å². The van der Waals surface area contributed by atoms with Crippen LogP contribution in [0.1, 0.15) is 24.0 Å². The van der Waals surface area contributed by atoms with E-state index in [0.717, 1.165) is 31.5 Å². The summed E-state index contributed by atoms with van der Waals surface area (Å²) in [5.74, 6) is 0. The van der Waals surface area contributed by atoms with Gasteiger partial charge in [0.25, 0.3) is 0 Å². The number of rotatable bonds is 3. The van der Waals surface area contributed by atoms with Crippen molar-refractivity contribution in [2.75, 3.05) is 26.7 Å². The van der Waals surface area contributed by atoms with Crippen molar-refractivity contribution in [3.63, 3.8) is 0 Å². The summed E-state index contributed by atoms with van der Waals surface area (Å²) in [5.41, 5.74) is 2.10. The van der Waals surface area contributed by atoms with Crippen LogP contribution >= 0.6 is 0 Å². The summed E-state index contributed by atoms with van der Waals surface area (Å²) in [5, 5.41) is 19.6. The smallest absolute Gasteiger partial charge is 0.0868 e. The fourth-order valence-corrected chi connectivity index (χ4v) is 2.89. The van der Waals surface area contributed by atoms with Crippen molar-refractivity contribution in [1.82, 2.24) is 4.90 Å². The predicted molar refractivity (Wildman–Crippen MR) is 72.7 cm³/mol. The van der Waals surface area contributed by atoms with Gasteiger partial charge in [-0.1, -0.05) is 29.8 Å². The molecular formula is C15H23NO2. The number of piperidine rings is 1. The molecule has 100 valence electrons. The van der Waals surface area contributed by atoms with E-state index in [0.29, 0.717) is 0 Å². The molecule has 2 N–H and O–H groups in total. The van der Waals surface area contributed by atoms with E-state index in [1.165, 1.54) is 5.56 Å². The van der Waals surface area contributed by atoms with Gasteiger partial charge >= 0.3 is 0 Å². The van der Waals surface area contributed by atoms with E-state index in [1.54, 1.807) is 0 Å². The summed E-state index contributed by atoms with van der Waals surface area (Å²) in [6.45, 7) is 3.82. The first-order valence-electron chi connectivity index (χ1n) is 6.63. The topological polar surface area (TPSA) is 43.7 Å². The van der Waals surface area contributed by atoms with Crippen molar-refractivity contribution in [3.05, 3.63) is 35.4 Å². The van der Waals surface area contributed by atoms with E-state index >= 15 is 0 Å². The first-order valence-corrected chi connectivity index (χ1v) is 6.63. The van der Waals surface area contributed by atoms with E-state index in [-0.39, 0.29) is 12.0 Å². The van der Waals surface area contributed by atoms with E-state index in [2.05, 4.69) is 43.1 Å². The van der Waals surface area contributed by atoms with E-state index in [9.17, 15) is 10.2 Å². The average Bonchev–Trinajstić information content (AvgIpc) is 2.40. The number of likely N-dealkylation sites (tertiary alicyclic amines) is 1. The monoisotopic (exact) mass is 249 g/mol. The maximum absolute atomic E-state index is 10.3. The Balaban J connectivity index is 2.33. The van der Waals surface area contributed by atoms with Gasteiger partial charge in [-0.05, 0) is 45.5 Å². The first kappa shape index (κ1) is 13.5. The van der Waals surface area contributed by atoms with Crippen LogP contribution in [0.25, 0.3) is 0 Å². The quantitative estimate of drug-likeness (QED) is 0.849. The van der Waals surface area contributed by atoms with Gasteiger partial charge in [0.2, 0.25) is 0 Å². The van der Waals surface area contributed by atoms with Gasteiger partial charge in [-0.25, -0.2) is 0 Å². The van der Waals surface area contributed by atoms with Crippen molar-refractivity contribution >= 4 is 0 Å². The fourth-order valence-electron chi connectivity index (χ4n) is 2.89. The van der Waals surface area contributed by atoms with Gasteiger partial charge in [0, 0.05) is 5.41 Å². The Morgan fingerprint density at radius 2 is 1.78 bits per heavy atom. The number of hydrogen-bond donors (Lipinski definition) is 2. The lowest BCUT2D eigenvalue weighted by atomic mass is 9.69. The number of benzene rings is 1. The zero-order chi connectivity index (χ0) is 13.2. The number of hydrogen-bond acceptors (Lipinski definition) is 3. The van der Waals surface area contributed by atoms with Crippen molar-refractivity contribution in [3.8, 4) is 0 Å². The first-order chi connectivity index (χ1) is 8.58. The van der Waals surface area contributed by atoms with Gasteiger partial charge in [0.05, 0.1) is 12.7 Å². The van der Waals surface area contributed by atoms with Crippen molar-refractivity contribution in [2.24, 2.45) is 0 Å². The Hall–Kier alpha value is -0.900. The molecule has 0 saturated carbocycles. The molecule has 0 bridgehead atoms. The molecule has 1 aliphatic heterocycles. The van der Waals surface area contributed by atoms with Crippen molar-refractivity contribution in [1.29, 1.82) is 0 Å². The Morgan fingerprint density at radius 1 is 1.22 bits per heavy atom. The Kier molecular flexibility index (Phi) is 4.05. The SMILES string of the molecule is Cc1ccc(C2(C(O)CO)CCN(C)CC2)cc1. The molecule has 0 spiro atoms. The molecule has 0 amide bonds. The van der Waals surface area contributed by atoms with Crippen molar-refractivity contribution < 1.29 is 10.2 Å². The molecular weight excluding hydrogens is 226 g/mol. The molecule has 2 rings (SSSR count). The summed E-state index contributed by atoms with van der Waals surface area (Å²) in [7, 11) is 2.10. The second-order valence-corrected chi connectivity index (χ2v) is 5.52. The maximum Gasteiger partial charge on any atom is 0.0868 e. The van der Waals surface area contributed by atoms with Crippen LogP contribution in [0.15, 0.2) is 24.3 Å². The molecule has 1 heterocycles. The van der Waals surface area contributed by atoms with Crippen molar-refractivity contribution in [2.45, 2.75) is 31.3 Å². The van der Waals surface area contributed by atoms with E-state index in [1.807, 2.05) is 0 Å². The van der Waals surface area contributed by atoms with Crippen LogP contribution in [0.3, 0.4) is 0 Å². The van der Waals surface area contributed by atoms with Gasteiger partial charge < -0.3 is 15.1 Å². The highest BCUT2D eigenvalue weighted by atomic mass is 16.3. The van der Waals surface area contributed by atoms with Crippen LogP contribution in [-0.4, -0.2) is 48.0 Å². The summed E-state index contributed by atoms with van der Waals surface area (Å²) in [6.07, 6.45) is 1.12. The molecule has 1 atom stereocenters. The highest BCUT2D eigenvalue weighted by molar-refractivity contribution is 5.31. The number of aliphatic hydroxyl groups excluding tert-OH is 2. The molecule has 1 aliphatic rings. The minimum Gasteiger partial charge on any atom is -0.394 e. The minimum absolute atomic E-state index is 0.169. The maximum atomic E-state index is 10.3. The average molecular weight is 249 g/mol. The molecule has 3 heteroatoms. The predicted octanol–water partition coefficient (Wildman–Crippen LogP) is 1.31. The van der Waals surface area contributed by atoms with E-state index < -0.39 is 6.10 Å². The highest BCUT2D eigenvalue weighted by Crippen LogP contribution is 2.38. The summed E-state index contributed by atoms with van der Waals surface area (Å²) in [4.78, 5) is 2.27. The molecule has 0 radical (unpaired) electrons. The molecule has 0 aliphatic carbocycles. The molecule has 18 heavy (non-hydrogen) atoms. The largest absolute Gasteiger partial charge is 0.394 e. The third kappa shape index (κ3) is 2.44. The minimum atomic E-state index is -0.672. The molecule has 0 aromatic heterocycles. The normalized spacial score (nSPS) is 21.8. The number of aliphatic hydroxyl groups is 2. The Morgan fingerprint density at radius 3 is 2.28 bits per heavy atom. The lowest BCUT2D eigenvalue weighted by Gasteiger charge is -2.44. The van der Waals surface area contributed by atoms with Gasteiger partial charge in [0.15, 0.2) is 0 Å². The summed E-state index contributed by atoms with van der Waals surface area (Å²) in [6, 6.07) is 8.36. The van der Waals surface area contributed by atoms with Gasteiger partial charge in [0.1, 0.15) is 0 Å². The molecule has 1 fully saturated rings. The van der Waals surface area contributed by atoms with Crippen LogP contribution in [0.2, 0.25) is 0 Å². The lowest BCUT2D eigenvalue weighted by molar-refractivity contribution is -0.00195. The standard InChI is InChI=1S/C15H23NO2/c1-12-3-5-13(6-4-12)15(14(18)11-17)7-9-16(2)10-8-15/h3-6,14,17-18H,7-11H2,1-2H3.